The fraction of sp³-hybridized carbons (Fsp3) is 1.00. The number of aliphatic hydroxyl groups excluding tert-OH is 1. The van der Waals surface area contributed by atoms with Gasteiger partial charge in [-0.15, -0.1) is 12.4 Å². The van der Waals surface area contributed by atoms with Crippen molar-refractivity contribution in [2.45, 2.75) is 18.4 Å². The zero-order chi connectivity index (χ0) is 6.74. The summed E-state index contributed by atoms with van der Waals surface area (Å²) >= 11 is 0. The van der Waals surface area contributed by atoms with Crippen LogP contribution in [0.4, 0.5) is 0 Å². The van der Waals surface area contributed by atoms with Gasteiger partial charge in [0.25, 0.3) is 0 Å². The summed E-state index contributed by atoms with van der Waals surface area (Å²) in [5, 5.41) is 21.0. The highest BCUT2D eigenvalue weighted by atomic mass is 35.5. The molecule has 3 N–H and O–H groups in total. The van der Waals surface area contributed by atoms with E-state index >= 15 is 0 Å². The molecule has 0 spiro atoms. The van der Waals surface area contributed by atoms with E-state index in [9.17, 15) is 5.11 Å². The number of halogens is 1. The van der Waals surface area contributed by atoms with Crippen LogP contribution in [-0.2, 0) is 0 Å². The first kappa shape index (κ1) is 10.2. The minimum Gasteiger partial charge on any atom is -0.393 e. The molecule has 0 unspecified atom stereocenters. The molecular weight excluding hydrogens is 154 g/mol. The van der Waals surface area contributed by atoms with Gasteiger partial charge in [-0.05, 0) is 19.4 Å². The van der Waals surface area contributed by atoms with Gasteiger partial charge in [-0.3, -0.25) is 0 Å². The number of hydrogen-bond donors (Lipinski definition) is 3. The van der Waals surface area contributed by atoms with Crippen molar-refractivity contribution in [3.05, 3.63) is 0 Å². The number of aliphatic hydroxyl groups is 2. The van der Waals surface area contributed by atoms with E-state index in [2.05, 4.69) is 5.32 Å². The molecule has 1 heterocycles. The van der Waals surface area contributed by atoms with E-state index in [1.807, 2.05) is 0 Å². The number of piperidine rings is 1. The maximum absolute atomic E-state index is 9.37. The fourth-order valence-corrected chi connectivity index (χ4v) is 1.09. The van der Waals surface area contributed by atoms with Crippen molar-refractivity contribution in [3.63, 3.8) is 0 Å². The molecule has 0 saturated carbocycles. The zero-order valence-electron chi connectivity index (χ0n) is 5.84. The first-order valence-corrected chi connectivity index (χ1v) is 3.31. The van der Waals surface area contributed by atoms with Crippen molar-refractivity contribution in [2.75, 3.05) is 19.7 Å². The van der Waals surface area contributed by atoms with Crippen molar-refractivity contribution in [1.29, 1.82) is 0 Å². The molecule has 1 rings (SSSR count). The third-order valence-corrected chi connectivity index (χ3v) is 1.74. The lowest BCUT2D eigenvalue weighted by atomic mass is 9.96. The van der Waals surface area contributed by atoms with E-state index in [0.29, 0.717) is 6.54 Å². The van der Waals surface area contributed by atoms with Gasteiger partial charge in [-0.25, -0.2) is 0 Å². The average molecular weight is 168 g/mol. The molecule has 0 aromatic heterocycles. The Hall–Kier alpha value is 0.170. The molecular formula is C6H14ClNO2. The average Bonchev–Trinajstić information content (AvgIpc) is 1.90. The first-order valence-electron chi connectivity index (χ1n) is 3.31. The van der Waals surface area contributed by atoms with Gasteiger partial charge in [-0.2, -0.15) is 0 Å². The Morgan fingerprint density at radius 2 is 2.20 bits per heavy atom. The van der Waals surface area contributed by atoms with Crippen LogP contribution in [-0.4, -0.2) is 35.5 Å². The molecule has 0 amide bonds. The predicted molar refractivity (Wildman–Crippen MR) is 41.4 cm³/mol. The van der Waals surface area contributed by atoms with E-state index in [0.717, 1.165) is 19.4 Å². The summed E-state index contributed by atoms with van der Waals surface area (Å²) in [6.07, 6.45) is 1.67. The normalized spacial score (nSPS) is 33.0. The molecule has 0 aromatic rings. The van der Waals surface area contributed by atoms with Gasteiger partial charge in [0.05, 0.1) is 6.61 Å². The molecule has 1 aliphatic rings. The van der Waals surface area contributed by atoms with Gasteiger partial charge >= 0.3 is 0 Å². The van der Waals surface area contributed by atoms with E-state index in [-0.39, 0.29) is 19.0 Å². The highest BCUT2D eigenvalue weighted by molar-refractivity contribution is 5.85. The third kappa shape index (κ3) is 2.42. The number of β-amino-alcohol motifs (C(OH)–C–C–N with tert-alkyl or cyclic N) is 1. The van der Waals surface area contributed by atoms with E-state index in [4.69, 9.17) is 5.11 Å². The number of hydrogen-bond acceptors (Lipinski definition) is 3. The van der Waals surface area contributed by atoms with E-state index in [1.54, 1.807) is 0 Å². The van der Waals surface area contributed by atoms with Crippen molar-refractivity contribution in [2.24, 2.45) is 0 Å². The molecule has 62 valence electrons. The summed E-state index contributed by atoms with van der Waals surface area (Å²) in [6, 6.07) is 0. The Morgan fingerprint density at radius 1 is 1.50 bits per heavy atom. The molecule has 0 bridgehead atoms. The lowest BCUT2D eigenvalue weighted by molar-refractivity contribution is -0.0313. The van der Waals surface area contributed by atoms with Gasteiger partial charge in [0, 0.05) is 6.54 Å². The molecule has 0 aromatic carbocycles. The van der Waals surface area contributed by atoms with E-state index in [1.165, 1.54) is 0 Å². The smallest absolute Gasteiger partial charge is 0.100 e. The quantitative estimate of drug-likeness (QED) is 0.494. The Kier molecular flexibility index (Phi) is 4.20. The summed E-state index contributed by atoms with van der Waals surface area (Å²) in [4.78, 5) is 0. The minimum absolute atomic E-state index is 0. The van der Waals surface area contributed by atoms with E-state index < -0.39 is 5.60 Å². The molecule has 1 atom stereocenters. The summed E-state index contributed by atoms with van der Waals surface area (Å²) in [5.41, 5.74) is -0.835. The van der Waals surface area contributed by atoms with Crippen LogP contribution in [0.5, 0.6) is 0 Å². The largest absolute Gasteiger partial charge is 0.393 e. The van der Waals surface area contributed by atoms with Crippen LogP contribution in [0.15, 0.2) is 0 Å². The van der Waals surface area contributed by atoms with Gasteiger partial charge < -0.3 is 15.5 Å². The van der Waals surface area contributed by atoms with Gasteiger partial charge in [-0.1, -0.05) is 0 Å². The minimum atomic E-state index is -0.835. The van der Waals surface area contributed by atoms with Crippen LogP contribution in [0.1, 0.15) is 12.8 Å². The highest BCUT2D eigenvalue weighted by Crippen LogP contribution is 2.13. The molecule has 0 radical (unpaired) electrons. The molecule has 1 aliphatic heterocycles. The summed E-state index contributed by atoms with van der Waals surface area (Å²) in [6.45, 7) is 1.37. The lowest BCUT2D eigenvalue weighted by Gasteiger charge is -2.30. The van der Waals surface area contributed by atoms with Crippen LogP contribution < -0.4 is 5.32 Å². The fourth-order valence-electron chi connectivity index (χ4n) is 1.09. The topological polar surface area (TPSA) is 52.5 Å². The highest BCUT2D eigenvalue weighted by Gasteiger charge is 2.27. The second-order valence-corrected chi connectivity index (χ2v) is 2.66. The van der Waals surface area contributed by atoms with Crippen molar-refractivity contribution < 1.29 is 10.2 Å². The molecule has 10 heavy (non-hydrogen) atoms. The number of rotatable bonds is 1. The van der Waals surface area contributed by atoms with Crippen LogP contribution in [0, 0.1) is 0 Å². The molecule has 1 fully saturated rings. The Morgan fingerprint density at radius 3 is 2.50 bits per heavy atom. The van der Waals surface area contributed by atoms with Crippen LogP contribution in [0.3, 0.4) is 0 Å². The summed E-state index contributed by atoms with van der Waals surface area (Å²) in [7, 11) is 0. The maximum Gasteiger partial charge on any atom is 0.100 e. The van der Waals surface area contributed by atoms with Crippen LogP contribution in [0.25, 0.3) is 0 Å². The summed E-state index contributed by atoms with van der Waals surface area (Å²) < 4.78 is 0. The Balaban J connectivity index is 0.000000810. The molecule has 0 aliphatic carbocycles. The lowest BCUT2D eigenvalue weighted by Crippen LogP contribution is -2.48. The third-order valence-electron chi connectivity index (χ3n) is 1.74. The molecule has 4 heteroatoms. The Bertz CT molecular complexity index is 93.7. The van der Waals surface area contributed by atoms with Crippen molar-refractivity contribution in [3.8, 4) is 0 Å². The van der Waals surface area contributed by atoms with Gasteiger partial charge in [0.1, 0.15) is 5.60 Å². The Labute approximate surface area is 66.8 Å². The van der Waals surface area contributed by atoms with Gasteiger partial charge in [0.2, 0.25) is 0 Å². The second-order valence-electron chi connectivity index (χ2n) is 2.66. The monoisotopic (exact) mass is 167 g/mol. The maximum atomic E-state index is 9.37. The first-order chi connectivity index (χ1) is 4.27. The SMILES string of the molecule is Cl.OC[C@@]1(O)CCCNC1. The number of nitrogens with one attached hydrogen (secondary N) is 1. The molecule has 1 saturated heterocycles. The van der Waals surface area contributed by atoms with Gasteiger partial charge in [0.15, 0.2) is 0 Å². The van der Waals surface area contributed by atoms with Crippen molar-refractivity contribution in [1.82, 2.24) is 5.32 Å². The molecule has 3 nitrogen and oxygen atoms in total. The van der Waals surface area contributed by atoms with Crippen LogP contribution in [0.2, 0.25) is 0 Å². The summed E-state index contributed by atoms with van der Waals surface area (Å²) in [5.74, 6) is 0. The van der Waals surface area contributed by atoms with Crippen molar-refractivity contribution >= 4 is 12.4 Å². The predicted octanol–water partition coefficient (Wildman–Crippen LogP) is -0.485. The second kappa shape index (κ2) is 4.13. The van der Waals surface area contributed by atoms with Crippen LogP contribution >= 0.6 is 12.4 Å². The standard InChI is InChI=1S/C6H13NO2.ClH/c8-5-6(9)2-1-3-7-4-6;/h7-9H,1-5H2;1H/t6-;/m1./s1. The zero-order valence-corrected chi connectivity index (χ0v) is 6.65.